The highest BCUT2D eigenvalue weighted by Gasteiger charge is 2.05. The molecule has 0 radical (unpaired) electrons. The molecule has 1 N–H and O–H groups in total. The Kier molecular flexibility index (Phi) is 3.27. The van der Waals surface area contributed by atoms with Crippen molar-refractivity contribution in [3.8, 4) is 0 Å². The highest BCUT2D eigenvalue weighted by molar-refractivity contribution is 7.71. The molecule has 0 spiro atoms. The van der Waals surface area contributed by atoms with Crippen molar-refractivity contribution in [1.82, 2.24) is 4.57 Å². The third kappa shape index (κ3) is 2.50. The van der Waals surface area contributed by atoms with Gasteiger partial charge in [-0.3, -0.25) is 4.57 Å². The first-order chi connectivity index (χ1) is 9.24. The molecule has 3 rings (SSSR count). The van der Waals surface area contributed by atoms with Crippen molar-refractivity contribution < 1.29 is 4.42 Å². The summed E-state index contributed by atoms with van der Waals surface area (Å²) < 4.78 is 7.44. The third-order valence-corrected chi connectivity index (χ3v) is 3.41. The second kappa shape index (κ2) is 5.07. The van der Waals surface area contributed by atoms with E-state index in [1.807, 2.05) is 53.1 Å². The fourth-order valence-electron chi connectivity index (χ4n) is 1.90. The molecule has 0 amide bonds. The molecule has 1 heterocycles. The molecule has 0 bridgehead atoms. The van der Waals surface area contributed by atoms with Crippen LogP contribution < -0.4 is 5.32 Å². The molecule has 3 aromatic rings. The molecule has 0 saturated heterocycles. The zero-order chi connectivity index (χ0) is 13.2. The number of rotatable bonds is 3. The van der Waals surface area contributed by atoms with Crippen molar-refractivity contribution in [1.29, 1.82) is 0 Å². The Labute approximate surface area is 120 Å². The zero-order valence-electron chi connectivity index (χ0n) is 9.97. The van der Waals surface area contributed by atoms with Gasteiger partial charge in [-0.25, -0.2) is 0 Å². The van der Waals surface area contributed by atoms with Crippen LogP contribution >= 0.6 is 23.8 Å². The molecule has 0 aliphatic carbocycles. The van der Waals surface area contributed by atoms with Gasteiger partial charge in [0.25, 0.3) is 4.84 Å². The first-order valence-corrected chi connectivity index (χ1v) is 6.60. The average Bonchev–Trinajstić information content (AvgIpc) is 2.74. The van der Waals surface area contributed by atoms with Crippen LogP contribution in [0.1, 0.15) is 0 Å². The van der Waals surface area contributed by atoms with Crippen LogP contribution in [0.25, 0.3) is 11.1 Å². The van der Waals surface area contributed by atoms with Gasteiger partial charge in [0.05, 0.1) is 12.2 Å². The van der Waals surface area contributed by atoms with E-state index in [9.17, 15) is 0 Å². The minimum atomic E-state index is 0.461. The van der Waals surface area contributed by atoms with E-state index in [0.29, 0.717) is 11.5 Å². The van der Waals surface area contributed by atoms with E-state index in [-0.39, 0.29) is 0 Å². The van der Waals surface area contributed by atoms with Gasteiger partial charge >= 0.3 is 0 Å². The van der Waals surface area contributed by atoms with E-state index in [2.05, 4.69) is 5.32 Å². The number of hydrogen-bond donors (Lipinski definition) is 1. The lowest BCUT2D eigenvalue weighted by atomic mass is 10.3. The van der Waals surface area contributed by atoms with Crippen LogP contribution in [0.4, 0.5) is 5.69 Å². The van der Waals surface area contributed by atoms with Crippen molar-refractivity contribution in [2.24, 2.45) is 0 Å². The normalized spacial score (nSPS) is 10.8. The largest absolute Gasteiger partial charge is 0.429 e. The molecule has 0 saturated carbocycles. The lowest BCUT2D eigenvalue weighted by Gasteiger charge is -2.07. The van der Waals surface area contributed by atoms with Gasteiger partial charge in [0.1, 0.15) is 0 Å². The number of oxazole rings is 1. The third-order valence-electron chi connectivity index (χ3n) is 2.86. The lowest BCUT2D eigenvalue weighted by molar-refractivity contribution is 0.546. The van der Waals surface area contributed by atoms with E-state index in [0.717, 1.165) is 21.8 Å². The first kappa shape index (κ1) is 12.3. The topological polar surface area (TPSA) is 30.1 Å². The molecular formula is C14H11ClN2OS. The summed E-state index contributed by atoms with van der Waals surface area (Å²) in [4.78, 5) is 0.461. The van der Waals surface area contributed by atoms with Gasteiger partial charge in [0, 0.05) is 10.7 Å². The molecule has 0 unspecified atom stereocenters. The van der Waals surface area contributed by atoms with E-state index in [4.69, 9.17) is 28.2 Å². The minimum absolute atomic E-state index is 0.461. The quantitative estimate of drug-likeness (QED) is 0.710. The van der Waals surface area contributed by atoms with Crippen LogP contribution in [0.5, 0.6) is 0 Å². The Morgan fingerprint density at radius 1 is 1.11 bits per heavy atom. The van der Waals surface area contributed by atoms with Gasteiger partial charge < -0.3 is 9.73 Å². The van der Waals surface area contributed by atoms with Crippen LogP contribution in [0.15, 0.2) is 52.9 Å². The first-order valence-electron chi connectivity index (χ1n) is 5.82. The monoisotopic (exact) mass is 290 g/mol. The smallest absolute Gasteiger partial charge is 0.271 e. The van der Waals surface area contributed by atoms with E-state index in [1.54, 1.807) is 0 Å². The maximum absolute atomic E-state index is 5.85. The molecule has 96 valence electrons. The molecule has 2 aromatic carbocycles. The summed E-state index contributed by atoms with van der Waals surface area (Å²) in [5.74, 6) is 0. The number of benzene rings is 2. The van der Waals surface area contributed by atoms with Crippen LogP contribution in [0, 0.1) is 4.84 Å². The van der Waals surface area contributed by atoms with Gasteiger partial charge in [-0.05, 0) is 48.6 Å². The predicted molar refractivity (Wildman–Crippen MR) is 80.1 cm³/mol. The number of anilines is 1. The Morgan fingerprint density at radius 3 is 2.63 bits per heavy atom. The van der Waals surface area contributed by atoms with Gasteiger partial charge in [-0.2, -0.15) is 0 Å². The van der Waals surface area contributed by atoms with Crippen molar-refractivity contribution in [3.63, 3.8) is 0 Å². The van der Waals surface area contributed by atoms with Crippen molar-refractivity contribution in [2.75, 3.05) is 5.32 Å². The van der Waals surface area contributed by atoms with Gasteiger partial charge in [-0.1, -0.05) is 23.7 Å². The second-order valence-electron chi connectivity index (χ2n) is 4.11. The predicted octanol–water partition coefficient (Wildman–Crippen LogP) is 4.69. The van der Waals surface area contributed by atoms with Crippen molar-refractivity contribution >= 4 is 40.6 Å². The average molecular weight is 291 g/mol. The van der Waals surface area contributed by atoms with Crippen LogP contribution in [0.2, 0.25) is 5.02 Å². The molecule has 19 heavy (non-hydrogen) atoms. The highest BCUT2D eigenvalue weighted by atomic mass is 35.5. The summed E-state index contributed by atoms with van der Waals surface area (Å²) in [5.41, 5.74) is 2.76. The summed E-state index contributed by atoms with van der Waals surface area (Å²) in [5, 5.41) is 4.00. The van der Waals surface area contributed by atoms with Crippen LogP contribution in [-0.2, 0) is 6.67 Å². The number of nitrogens with zero attached hydrogens (tertiary/aromatic N) is 1. The van der Waals surface area contributed by atoms with Crippen LogP contribution in [0.3, 0.4) is 0 Å². The maximum Gasteiger partial charge on any atom is 0.271 e. The Hall–Kier alpha value is -1.78. The number of fused-ring (bicyclic) bond motifs is 1. The molecule has 0 fully saturated rings. The highest BCUT2D eigenvalue weighted by Crippen LogP contribution is 2.18. The summed E-state index contributed by atoms with van der Waals surface area (Å²) in [6, 6.07) is 15.3. The number of nitrogens with one attached hydrogen (secondary N) is 1. The zero-order valence-corrected chi connectivity index (χ0v) is 11.5. The lowest BCUT2D eigenvalue weighted by Crippen LogP contribution is -2.07. The summed E-state index contributed by atoms with van der Waals surface area (Å²) in [7, 11) is 0. The van der Waals surface area contributed by atoms with Gasteiger partial charge in [-0.15, -0.1) is 0 Å². The van der Waals surface area contributed by atoms with Gasteiger partial charge in [0.2, 0.25) is 0 Å². The second-order valence-corrected chi connectivity index (χ2v) is 4.89. The van der Waals surface area contributed by atoms with Crippen molar-refractivity contribution in [3.05, 3.63) is 58.4 Å². The summed E-state index contributed by atoms with van der Waals surface area (Å²) in [6.07, 6.45) is 0. The molecule has 1 aromatic heterocycles. The Balaban J connectivity index is 1.87. The Morgan fingerprint density at radius 2 is 1.84 bits per heavy atom. The number of para-hydroxylation sites is 2. The number of halogens is 1. The molecule has 0 aliphatic heterocycles. The summed E-state index contributed by atoms with van der Waals surface area (Å²) in [6.45, 7) is 0.553. The molecule has 0 aliphatic rings. The van der Waals surface area contributed by atoms with E-state index < -0.39 is 0 Å². The number of hydrogen-bond acceptors (Lipinski definition) is 3. The SMILES string of the molecule is S=c1oc2ccccc2n1CNc1ccc(Cl)cc1. The van der Waals surface area contributed by atoms with E-state index in [1.165, 1.54) is 0 Å². The van der Waals surface area contributed by atoms with Crippen LogP contribution in [-0.4, -0.2) is 4.57 Å². The molecule has 3 nitrogen and oxygen atoms in total. The van der Waals surface area contributed by atoms with Crippen molar-refractivity contribution in [2.45, 2.75) is 6.67 Å². The molecule has 5 heteroatoms. The van der Waals surface area contributed by atoms with E-state index >= 15 is 0 Å². The number of aromatic nitrogens is 1. The standard InChI is InChI=1S/C14H11ClN2OS/c15-10-5-7-11(8-6-10)16-9-17-12-3-1-2-4-13(12)18-14(17)19/h1-8,16H,9H2. The maximum atomic E-state index is 5.85. The fourth-order valence-corrected chi connectivity index (χ4v) is 2.28. The van der Waals surface area contributed by atoms with Gasteiger partial charge in [0.15, 0.2) is 5.58 Å². The molecule has 0 atom stereocenters. The fraction of sp³-hybridized carbons (Fsp3) is 0.0714. The Bertz CT molecular complexity index is 761. The summed E-state index contributed by atoms with van der Waals surface area (Å²) >= 11 is 11.1. The molecular weight excluding hydrogens is 280 g/mol. The minimum Gasteiger partial charge on any atom is -0.429 e.